The maximum absolute atomic E-state index is 9.63. The molecule has 0 spiro atoms. The van der Waals surface area contributed by atoms with E-state index in [-0.39, 0.29) is 13.2 Å². The van der Waals surface area contributed by atoms with Crippen LogP contribution in [-0.4, -0.2) is 30.5 Å². The number of fused-ring (bicyclic) bond motifs is 2. The second kappa shape index (κ2) is 5.99. The summed E-state index contributed by atoms with van der Waals surface area (Å²) in [6, 6.07) is 13.5. The molecule has 0 saturated carbocycles. The second-order valence-corrected chi connectivity index (χ2v) is 5.46. The van der Waals surface area contributed by atoms with E-state index >= 15 is 0 Å². The normalized spacial score (nSPS) is 14.7. The van der Waals surface area contributed by atoms with Crippen molar-refractivity contribution in [1.29, 1.82) is 0 Å². The van der Waals surface area contributed by atoms with E-state index in [0.29, 0.717) is 24.3 Å². The van der Waals surface area contributed by atoms with Crippen LogP contribution in [0.4, 0.5) is 0 Å². The van der Waals surface area contributed by atoms with Crippen molar-refractivity contribution >= 4 is 0 Å². The van der Waals surface area contributed by atoms with Crippen LogP contribution in [0.15, 0.2) is 42.5 Å². The number of methoxy groups -OCH3 is 1. The zero-order chi connectivity index (χ0) is 15.6. The quantitative estimate of drug-likeness (QED) is 0.891. The molecule has 0 radical (unpaired) electrons. The van der Waals surface area contributed by atoms with Gasteiger partial charge in [-0.1, -0.05) is 30.3 Å². The van der Waals surface area contributed by atoms with Gasteiger partial charge in [0.25, 0.3) is 0 Å². The van der Waals surface area contributed by atoms with E-state index in [1.165, 1.54) is 0 Å². The maximum atomic E-state index is 9.63. The fourth-order valence-corrected chi connectivity index (χ4v) is 3.41. The van der Waals surface area contributed by atoms with E-state index < -0.39 is 5.41 Å². The fourth-order valence-electron chi connectivity index (χ4n) is 3.41. The highest BCUT2D eigenvalue weighted by molar-refractivity contribution is 5.62. The molecule has 1 heterocycles. The summed E-state index contributed by atoms with van der Waals surface area (Å²) in [4.78, 5) is 0. The van der Waals surface area contributed by atoms with Gasteiger partial charge < -0.3 is 19.7 Å². The van der Waals surface area contributed by atoms with Gasteiger partial charge in [0.1, 0.15) is 5.75 Å². The fraction of sp³-hybridized carbons (Fsp3) is 0.333. The lowest BCUT2D eigenvalue weighted by Crippen LogP contribution is -2.33. The first-order valence-corrected chi connectivity index (χ1v) is 7.43. The molecule has 0 unspecified atom stereocenters. The molecule has 0 saturated heterocycles. The Morgan fingerprint density at radius 2 is 1.64 bits per heavy atom. The molecule has 1 aliphatic heterocycles. The second-order valence-electron chi connectivity index (χ2n) is 5.46. The molecule has 4 nitrogen and oxygen atoms in total. The Balaban J connectivity index is 2.28. The van der Waals surface area contributed by atoms with Crippen LogP contribution in [0.25, 0.3) is 0 Å². The van der Waals surface area contributed by atoms with Crippen LogP contribution in [-0.2, 0) is 5.41 Å². The van der Waals surface area contributed by atoms with Crippen LogP contribution < -0.4 is 9.47 Å². The molecule has 116 valence electrons. The van der Waals surface area contributed by atoms with E-state index in [1.54, 1.807) is 7.11 Å². The smallest absolute Gasteiger partial charge is 0.173 e. The third-order valence-corrected chi connectivity index (χ3v) is 4.41. The molecular formula is C18H20O4. The summed E-state index contributed by atoms with van der Waals surface area (Å²) in [5.74, 6) is 2.08. The Labute approximate surface area is 129 Å². The molecule has 0 bridgehead atoms. The molecule has 22 heavy (non-hydrogen) atoms. The zero-order valence-corrected chi connectivity index (χ0v) is 12.6. The van der Waals surface area contributed by atoms with E-state index in [0.717, 1.165) is 16.9 Å². The van der Waals surface area contributed by atoms with Crippen LogP contribution >= 0.6 is 0 Å². The van der Waals surface area contributed by atoms with Gasteiger partial charge in [-0.3, -0.25) is 0 Å². The number of aliphatic hydroxyl groups excluding tert-OH is 2. The van der Waals surface area contributed by atoms with Crippen LogP contribution in [0.3, 0.4) is 0 Å². The monoisotopic (exact) mass is 300 g/mol. The molecule has 2 N–H and O–H groups in total. The highest BCUT2D eigenvalue weighted by Gasteiger charge is 2.42. The van der Waals surface area contributed by atoms with Gasteiger partial charge in [0, 0.05) is 29.8 Å². The van der Waals surface area contributed by atoms with Crippen molar-refractivity contribution in [2.75, 3.05) is 20.3 Å². The van der Waals surface area contributed by atoms with Gasteiger partial charge in [0.15, 0.2) is 11.5 Å². The predicted molar refractivity (Wildman–Crippen MR) is 83.7 cm³/mol. The summed E-state index contributed by atoms with van der Waals surface area (Å²) in [6.07, 6.45) is 1.04. The lowest BCUT2D eigenvalue weighted by atomic mass is 9.68. The lowest BCUT2D eigenvalue weighted by molar-refractivity contribution is 0.201. The largest absolute Gasteiger partial charge is 0.493 e. The Morgan fingerprint density at radius 3 is 2.32 bits per heavy atom. The first kappa shape index (κ1) is 14.9. The van der Waals surface area contributed by atoms with Gasteiger partial charge >= 0.3 is 0 Å². The summed E-state index contributed by atoms with van der Waals surface area (Å²) in [6.45, 7) is 0.0654. The SMILES string of the molecule is COc1cccc2c1Oc1ccccc1C2(CCO)CCO. The Kier molecular flexibility index (Phi) is 4.05. The van der Waals surface area contributed by atoms with Gasteiger partial charge in [0.05, 0.1) is 7.11 Å². The van der Waals surface area contributed by atoms with E-state index in [1.807, 2.05) is 42.5 Å². The number of para-hydroxylation sites is 2. The number of benzene rings is 2. The van der Waals surface area contributed by atoms with Gasteiger partial charge in [-0.25, -0.2) is 0 Å². The topological polar surface area (TPSA) is 58.9 Å². The first-order chi connectivity index (χ1) is 10.8. The van der Waals surface area contributed by atoms with Crippen LogP contribution in [0.1, 0.15) is 24.0 Å². The first-order valence-electron chi connectivity index (χ1n) is 7.43. The van der Waals surface area contributed by atoms with Crippen molar-refractivity contribution < 1.29 is 19.7 Å². The highest BCUT2D eigenvalue weighted by atomic mass is 16.5. The molecule has 0 aliphatic carbocycles. The number of hydrogen-bond donors (Lipinski definition) is 2. The van der Waals surface area contributed by atoms with Crippen molar-refractivity contribution in [3.63, 3.8) is 0 Å². The number of aliphatic hydroxyl groups is 2. The lowest BCUT2D eigenvalue weighted by Gasteiger charge is -2.40. The van der Waals surface area contributed by atoms with Crippen LogP contribution in [0, 0.1) is 0 Å². The predicted octanol–water partition coefficient (Wildman–Crippen LogP) is 2.85. The van der Waals surface area contributed by atoms with Crippen LogP contribution in [0.2, 0.25) is 0 Å². The Bertz CT molecular complexity index is 660. The summed E-state index contributed by atoms with van der Waals surface area (Å²) in [5, 5.41) is 19.3. The Hall–Kier alpha value is -2.04. The molecule has 4 heteroatoms. The van der Waals surface area contributed by atoms with Crippen molar-refractivity contribution in [2.24, 2.45) is 0 Å². The number of rotatable bonds is 5. The maximum Gasteiger partial charge on any atom is 0.173 e. The zero-order valence-electron chi connectivity index (χ0n) is 12.6. The average Bonchev–Trinajstić information content (AvgIpc) is 2.55. The van der Waals surface area contributed by atoms with Gasteiger partial charge in [-0.2, -0.15) is 0 Å². The summed E-state index contributed by atoms with van der Waals surface area (Å²) in [7, 11) is 1.61. The van der Waals surface area contributed by atoms with Gasteiger partial charge in [-0.15, -0.1) is 0 Å². The average molecular weight is 300 g/mol. The molecule has 1 aliphatic rings. The van der Waals surface area contributed by atoms with Gasteiger partial charge in [-0.05, 0) is 25.0 Å². The summed E-state index contributed by atoms with van der Waals surface area (Å²) < 4.78 is 11.5. The minimum absolute atomic E-state index is 0.0327. The Morgan fingerprint density at radius 1 is 0.955 bits per heavy atom. The summed E-state index contributed by atoms with van der Waals surface area (Å²) in [5.41, 5.74) is 1.48. The molecule has 0 atom stereocenters. The standard InChI is InChI=1S/C18H20O4/c1-21-16-8-4-6-14-17(16)22-15-7-3-2-5-13(15)18(14,9-11-19)10-12-20/h2-8,19-20H,9-12H2,1H3. The van der Waals surface area contributed by atoms with E-state index in [4.69, 9.17) is 9.47 Å². The third kappa shape index (κ3) is 2.16. The highest BCUT2D eigenvalue weighted by Crippen LogP contribution is 2.54. The molecule has 0 aromatic heterocycles. The number of hydrogen-bond acceptors (Lipinski definition) is 4. The molecule has 0 fully saturated rings. The van der Waals surface area contributed by atoms with E-state index in [2.05, 4.69) is 0 Å². The molecule has 3 rings (SSSR count). The van der Waals surface area contributed by atoms with Crippen LogP contribution in [0.5, 0.6) is 17.2 Å². The third-order valence-electron chi connectivity index (χ3n) is 4.41. The summed E-state index contributed by atoms with van der Waals surface area (Å²) >= 11 is 0. The minimum atomic E-state index is -0.470. The molecular weight excluding hydrogens is 280 g/mol. The van der Waals surface area contributed by atoms with Crippen molar-refractivity contribution in [1.82, 2.24) is 0 Å². The van der Waals surface area contributed by atoms with Gasteiger partial charge in [0.2, 0.25) is 0 Å². The van der Waals surface area contributed by atoms with Crippen molar-refractivity contribution in [3.05, 3.63) is 53.6 Å². The number of ether oxygens (including phenoxy) is 2. The minimum Gasteiger partial charge on any atom is -0.493 e. The van der Waals surface area contributed by atoms with Crippen molar-refractivity contribution in [3.8, 4) is 17.2 Å². The molecule has 2 aromatic rings. The molecule has 2 aromatic carbocycles. The molecule has 0 amide bonds. The van der Waals surface area contributed by atoms with E-state index in [9.17, 15) is 10.2 Å². The van der Waals surface area contributed by atoms with Crippen molar-refractivity contribution in [2.45, 2.75) is 18.3 Å².